The average Bonchev–Trinajstić information content (AvgIpc) is 2.87. The zero-order valence-electron chi connectivity index (χ0n) is 19.3. The van der Waals surface area contributed by atoms with Gasteiger partial charge in [-0.05, 0) is 23.1 Å². The van der Waals surface area contributed by atoms with Crippen LogP contribution in [0.1, 0.15) is 29.5 Å². The van der Waals surface area contributed by atoms with Crippen LogP contribution in [0.15, 0.2) is 91.0 Å². The van der Waals surface area contributed by atoms with Crippen LogP contribution in [0, 0.1) is 5.92 Å². The lowest BCUT2D eigenvalue weighted by molar-refractivity contribution is -0.152. The lowest BCUT2D eigenvalue weighted by atomic mass is 10.0. The van der Waals surface area contributed by atoms with E-state index in [1.54, 1.807) is 24.3 Å². The number of hydrogen-bond donors (Lipinski definition) is 1. The van der Waals surface area contributed by atoms with E-state index in [1.807, 2.05) is 66.7 Å². The number of carbonyl (C=O) groups is 2. The Balaban J connectivity index is 1.56. The van der Waals surface area contributed by atoms with Gasteiger partial charge < -0.3 is 18.9 Å². The van der Waals surface area contributed by atoms with Crippen LogP contribution in [0.25, 0.3) is 0 Å². The number of benzene rings is 3. The minimum Gasteiger partial charge on any atom is -0.461 e. The molecular formula is C27H29O7P. The SMILES string of the molecule is O=C(CCC(COP(=O)(O)Cc1ccccc1)C(=O)OCc1ccccc1)OCc1ccccc1. The maximum Gasteiger partial charge on any atom is 0.332 e. The summed E-state index contributed by atoms with van der Waals surface area (Å²) in [4.78, 5) is 35.3. The fraction of sp³-hybridized carbons (Fsp3) is 0.259. The molecule has 0 radical (unpaired) electrons. The molecule has 0 bridgehead atoms. The number of hydrogen-bond acceptors (Lipinski definition) is 6. The van der Waals surface area contributed by atoms with Crippen molar-refractivity contribution in [2.75, 3.05) is 6.61 Å². The van der Waals surface area contributed by atoms with Gasteiger partial charge in [-0.25, -0.2) is 0 Å². The van der Waals surface area contributed by atoms with Gasteiger partial charge in [0.1, 0.15) is 13.2 Å². The van der Waals surface area contributed by atoms with Crippen molar-refractivity contribution in [2.45, 2.75) is 32.2 Å². The molecule has 3 aromatic carbocycles. The van der Waals surface area contributed by atoms with Crippen molar-refractivity contribution in [2.24, 2.45) is 5.92 Å². The summed E-state index contributed by atoms with van der Waals surface area (Å²) < 4.78 is 28.5. The summed E-state index contributed by atoms with van der Waals surface area (Å²) in [5.74, 6) is -1.99. The molecule has 2 atom stereocenters. The van der Waals surface area contributed by atoms with Crippen molar-refractivity contribution in [3.63, 3.8) is 0 Å². The van der Waals surface area contributed by atoms with Gasteiger partial charge in [0.05, 0.1) is 18.7 Å². The van der Waals surface area contributed by atoms with Crippen LogP contribution in [0.4, 0.5) is 0 Å². The lowest BCUT2D eigenvalue weighted by Gasteiger charge is -2.19. The van der Waals surface area contributed by atoms with Crippen molar-refractivity contribution in [3.05, 3.63) is 108 Å². The maximum absolute atomic E-state index is 12.8. The highest BCUT2D eigenvalue weighted by molar-refractivity contribution is 7.51. The standard InChI is InChI=1S/C27H29O7P/c28-26(32-18-22-10-4-1-5-11-22)17-16-25(27(29)33-19-23-12-6-2-7-13-23)20-34-35(30,31)21-24-14-8-3-9-15-24/h1-15,25H,16-21H2,(H,30,31). The number of carbonyl (C=O) groups excluding carboxylic acids is 2. The molecule has 0 spiro atoms. The zero-order chi connectivity index (χ0) is 24.9. The monoisotopic (exact) mass is 496 g/mol. The molecule has 0 saturated carbocycles. The molecule has 1 N–H and O–H groups in total. The minimum absolute atomic E-state index is 0.0510. The van der Waals surface area contributed by atoms with E-state index in [0.717, 1.165) is 11.1 Å². The molecule has 35 heavy (non-hydrogen) atoms. The predicted octanol–water partition coefficient (Wildman–Crippen LogP) is 5.27. The highest BCUT2D eigenvalue weighted by atomic mass is 31.2. The molecule has 0 aliphatic rings. The molecule has 0 aliphatic carbocycles. The Hall–Kier alpha value is -3.25. The van der Waals surface area contributed by atoms with Gasteiger partial charge in [0.2, 0.25) is 0 Å². The van der Waals surface area contributed by atoms with Crippen LogP contribution in [0.5, 0.6) is 0 Å². The molecule has 3 aromatic rings. The van der Waals surface area contributed by atoms with Crippen LogP contribution in [-0.2, 0) is 47.5 Å². The Kier molecular flexibility index (Phi) is 10.2. The third-order valence-electron chi connectivity index (χ3n) is 5.20. The minimum atomic E-state index is -4.01. The van der Waals surface area contributed by atoms with Crippen molar-refractivity contribution >= 4 is 19.5 Å². The summed E-state index contributed by atoms with van der Waals surface area (Å²) in [6, 6.07) is 27.2. The van der Waals surface area contributed by atoms with Crippen molar-refractivity contribution < 1.29 is 33.0 Å². The Labute approximate surface area is 205 Å². The van der Waals surface area contributed by atoms with Gasteiger partial charge in [0, 0.05) is 6.42 Å². The first kappa shape index (κ1) is 26.4. The number of rotatable bonds is 13. The molecule has 184 valence electrons. The van der Waals surface area contributed by atoms with E-state index in [1.165, 1.54) is 0 Å². The first-order valence-electron chi connectivity index (χ1n) is 11.3. The van der Waals surface area contributed by atoms with Crippen molar-refractivity contribution in [1.82, 2.24) is 0 Å². The second-order valence-electron chi connectivity index (χ2n) is 8.05. The molecular weight excluding hydrogens is 467 g/mol. The van der Waals surface area contributed by atoms with Crippen LogP contribution in [0.2, 0.25) is 0 Å². The lowest BCUT2D eigenvalue weighted by Crippen LogP contribution is -2.24. The fourth-order valence-electron chi connectivity index (χ4n) is 3.28. The van der Waals surface area contributed by atoms with E-state index in [2.05, 4.69) is 0 Å². The summed E-state index contributed by atoms with van der Waals surface area (Å²) in [6.45, 7) is -0.169. The average molecular weight is 496 g/mol. The third kappa shape index (κ3) is 9.87. The molecule has 3 rings (SSSR count). The molecule has 7 nitrogen and oxygen atoms in total. The first-order valence-corrected chi connectivity index (χ1v) is 13.1. The molecule has 0 fully saturated rings. The van der Waals surface area contributed by atoms with Gasteiger partial charge in [-0.15, -0.1) is 0 Å². The van der Waals surface area contributed by atoms with Gasteiger partial charge in [0.25, 0.3) is 0 Å². The number of ether oxygens (including phenoxy) is 2. The highest BCUT2D eigenvalue weighted by Crippen LogP contribution is 2.46. The topological polar surface area (TPSA) is 99.1 Å². The molecule has 0 heterocycles. The Bertz CT molecular complexity index is 1100. The second-order valence-corrected chi connectivity index (χ2v) is 9.90. The van der Waals surface area contributed by atoms with Gasteiger partial charge in [-0.1, -0.05) is 91.0 Å². The van der Waals surface area contributed by atoms with Crippen molar-refractivity contribution in [1.29, 1.82) is 0 Å². The summed E-state index contributed by atoms with van der Waals surface area (Å²) in [7, 11) is -4.01. The molecule has 0 saturated heterocycles. The molecule has 0 amide bonds. The van der Waals surface area contributed by atoms with Gasteiger partial charge in [0.15, 0.2) is 0 Å². The van der Waals surface area contributed by atoms with Crippen molar-refractivity contribution in [3.8, 4) is 0 Å². The van der Waals surface area contributed by atoms with Gasteiger partial charge >= 0.3 is 19.5 Å². The normalized spacial score (nSPS) is 13.4. The largest absolute Gasteiger partial charge is 0.461 e. The summed E-state index contributed by atoms with van der Waals surface area (Å²) in [5.41, 5.74) is 2.30. The van der Waals surface area contributed by atoms with E-state index >= 15 is 0 Å². The summed E-state index contributed by atoms with van der Waals surface area (Å²) >= 11 is 0. The number of esters is 2. The Morgan fingerprint density at radius 2 is 1.23 bits per heavy atom. The smallest absolute Gasteiger partial charge is 0.332 e. The second kappa shape index (κ2) is 13.6. The van der Waals surface area contributed by atoms with Crippen LogP contribution < -0.4 is 0 Å². The van der Waals surface area contributed by atoms with E-state index in [-0.39, 0.29) is 38.8 Å². The van der Waals surface area contributed by atoms with E-state index < -0.39 is 25.5 Å². The Morgan fingerprint density at radius 3 is 1.77 bits per heavy atom. The quantitative estimate of drug-likeness (QED) is 0.254. The van der Waals surface area contributed by atoms with Crippen LogP contribution in [0.3, 0.4) is 0 Å². The van der Waals surface area contributed by atoms with E-state index in [4.69, 9.17) is 14.0 Å². The molecule has 2 unspecified atom stereocenters. The molecule has 0 aliphatic heterocycles. The summed E-state index contributed by atoms with van der Waals surface area (Å²) in [5, 5.41) is 0. The van der Waals surface area contributed by atoms with Gasteiger partial charge in [-0.2, -0.15) is 0 Å². The van der Waals surface area contributed by atoms with Crippen LogP contribution in [-0.4, -0.2) is 23.4 Å². The van der Waals surface area contributed by atoms with Gasteiger partial charge in [-0.3, -0.25) is 14.2 Å². The molecule has 8 heteroatoms. The van der Waals surface area contributed by atoms with E-state index in [0.29, 0.717) is 5.56 Å². The van der Waals surface area contributed by atoms with E-state index in [9.17, 15) is 19.0 Å². The maximum atomic E-state index is 12.8. The fourth-order valence-corrected chi connectivity index (χ4v) is 4.46. The highest BCUT2D eigenvalue weighted by Gasteiger charge is 2.27. The Morgan fingerprint density at radius 1 is 0.743 bits per heavy atom. The third-order valence-corrected chi connectivity index (χ3v) is 6.52. The first-order chi connectivity index (χ1) is 16.9. The predicted molar refractivity (Wildman–Crippen MR) is 131 cm³/mol. The molecule has 0 aromatic heterocycles. The summed E-state index contributed by atoms with van der Waals surface area (Å²) in [6.07, 6.45) is -0.180. The van der Waals surface area contributed by atoms with Crippen LogP contribution >= 0.6 is 7.60 Å². The zero-order valence-corrected chi connectivity index (χ0v) is 20.2.